The Morgan fingerprint density at radius 1 is 0.966 bits per heavy atom. The fourth-order valence-corrected chi connectivity index (χ4v) is 4.01. The van der Waals surface area contributed by atoms with E-state index >= 15 is 0 Å². The summed E-state index contributed by atoms with van der Waals surface area (Å²) in [6, 6.07) is 18.9. The van der Waals surface area contributed by atoms with Crippen LogP contribution in [0.2, 0.25) is 0 Å². The minimum Gasteiger partial charge on any atom is -0.399 e. The number of hydrogen-bond donors (Lipinski definition) is 2. The van der Waals surface area contributed by atoms with Crippen molar-refractivity contribution in [2.24, 2.45) is 0 Å². The number of likely N-dealkylation sites (tertiary alicyclic amines) is 1. The van der Waals surface area contributed by atoms with Gasteiger partial charge in [0.05, 0.1) is 17.2 Å². The van der Waals surface area contributed by atoms with E-state index < -0.39 is 0 Å². The molecule has 0 radical (unpaired) electrons. The molecule has 148 valence electrons. The molecular formula is C24H25N3O2. The predicted octanol–water partition coefficient (Wildman–Crippen LogP) is 4.15. The van der Waals surface area contributed by atoms with Gasteiger partial charge >= 0.3 is 0 Å². The van der Waals surface area contributed by atoms with Gasteiger partial charge in [-0.05, 0) is 54.3 Å². The highest BCUT2D eigenvalue weighted by atomic mass is 16.2. The highest BCUT2D eigenvalue weighted by Gasteiger charge is 2.25. The minimum absolute atomic E-state index is 0.106. The first-order valence-electron chi connectivity index (χ1n) is 10.0. The van der Waals surface area contributed by atoms with Crippen LogP contribution in [0.1, 0.15) is 52.1 Å². The summed E-state index contributed by atoms with van der Waals surface area (Å²) in [5, 5.41) is 5.28. The van der Waals surface area contributed by atoms with Crippen molar-refractivity contribution in [2.45, 2.75) is 25.8 Å². The van der Waals surface area contributed by atoms with Gasteiger partial charge in [0.15, 0.2) is 0 Å². The van der Waals surface area contributed by atoms with Crippen LogP contribution in [0.5, 0.6) is 0 Å². The zero-order chi connectivity index (χ0) is 20.4. The lowest BCUT2D eigenvalue weighted by atomic mass is 9.98. The number of rotatable bonds is 4. The normalized spacial score (nSPS) is 14.7. The highest BCUT2D eigenvalue weighted by Crippen LogP contribution is 2.25. The van der Waals surface area contributed by atoms with Gasteiger partial charge in [0.25, 0.3) is 11.8 Å². The summed E-state index contributed by atoms with van der Waals surface area (Å²) >= 11 is 0. The number of benzene rings is 3. The van der Waals surface area contributed by atoms with Gasteiger partial charge in [0, 0.05) is 18.8 Å². The van der Waals surface area contributed by atoms with E-state index in [9.17, 15) is 9.59 Å². The SMILES string of the molecule is C[C@@H](NC(=O)c1cc(N)ccc1C(=O)N1CCCC1)c1cccc2ccccc12. The van der Waals surface area contributed by atoms with Crippen molar-refractivity contribution in [3.63, 3.8) is 0 Å². The van der Waals surface area contributed by atoms with Crippen molar-refractivity contribution in [1.82, 2.24) is 10.2 Å². The lowest BCUT2D eigenvalue weighted by Gasteiger charge is -2.20. The number of fused-ring (bicyclic) bond motifs is 1. The third kappa shape index (κ3) is 3.81. The molecule has 0 aliphatic carbocycles. The number of anilines is 1. The molecule has 1 aliphatic rings. The van der Waals surface area contributed by atoms with Gasteiger partial charge in [-0.3, -0.25) is 9.59 Å². The quantitative estimate of drug-likeness (QED) is 0.661. The number of nitrogen functional groups attached to an aromatic ring is 1. The maximum absolute atomic E-state index is 13.1. The van der Waals surface area contributed by atoms with Gasteiger partial charge in [-0.25, -0.2) is 0 Å². The van der Waals surface area contributed by atoms with Crippen molar-refractivity contribution < 1.29 is 9.59 Å². The van der Waals surface area contributed by atoms with Crippen LogP contribution in [0, 0.1) is 0 Å². The third-order valence-corrected chi connectivity index (χ3v) is 5.55. The molecule has 3 N–H and O–H groups in total. The Kier molecular flexibility index (Phi) is 5.21. The van der Waals surface area contributed by atoms with Gasteiger partial charge in [0.1, 0.15) is 0 Å². The van der Waals surface area contributed by atoms with Crippen LogP contribution in [0.15, 0.2) is 60.7 Å². The molecule has 5 nitrogen and oxygen atoms in total. The topological polar surface area (TPSA) is 75.4 Å². The van der Waals surface area contributed by atoms with Crippen molar-refractivity contribution in [3.8, 4) is 0 Å². The van der Waals surface area contributed by atoms with E-state index in [0.29, 0.717) is 16.8 Å². The second-order valence-electron chi connectivity index (χ2n) is 7.57. The Balaban J connectivity index is 1.62. The van der Waals surface area contributed by atoms with Crippen molar-refractivity contribution in [2.75, 3.05) is 18.8 Å². The molecule has 3 aromatic rings. The lowest BCUT2D eigenvalue weighted by Crippen LogP contribution is -2.32. The van der Waals surface area contributed by atoms with Crippen LogP contribution in [-0.2, 0) is 0 Å². The molecular weight excluding hydrogens is 362 g/mol. The average molecular weight is 387 g/mol. The average Bonchev–Trinajstić information content (AvgIpc) is 3.27. The first-order valence-corrected chi connectivity index (χ1v) is 10.0. The Morgan fingerprint density at radius 2 is 1.69 bits per heavy atom. The smallest absolute Gasteiger partial charge is 0.254 e. The zero-order valence-electron chi connectivity index (χ0n) is 16.5. The van der Waals surface area contributed by atoms with E-state index in [4.69, 9.17) is 5.73 Å². The summed E-state index contributed by atoms with van der Waals surface area (Å²) in [7, 11) is 0. The first kappa shape index (κ1) is 19.0. The van der Waals surface area contributed by atoms with E-state index in [1.54, 1.807) is 23.1 Å². The Labute approximate surface area is 170 Å². The molecule has 4 rings (SSSR count). The fraction of sp³-hybridized carbons (Fsp3) is 0.250. The van der Waals surface area contributed by atoms with E-state index in [-0.39, 0.29) is 17.9 Å². The van der Waals surface area contributed by atoms with Gasteiger partial charge in [0.2, 0.25) is 0 Å². The standard InChI is InChI=1S/C24H25N3O2/c1-16(19-10-6-8-17-7-2-3-9-20(17)19)26-23(28)22-15-18(25)11-12-21(22)24(29)27-13-4-5-14-27/h2-3,6-12,15-16H,4-5,13-14,25H2,1H3,(H,26,28)/t16-/m1/s1. The summed E-state index contributed by atoms with van der Waals surface area (Å²) in [6.45, 7) is 3.42. The van der Waals surface area contributed by atoms with Crippen LogP contribution in [-0.4, -0.2) is 29.8 Å². The lowest BCUT2D eigenvalue weighted by molar-refractivity contribution is 0.0784. The molecule has 1 heterocycles. The highest BCUT2D eigenvalue weighted by molar-refractivity contribution is 6.08. The maximum atomic E-state index is 13.1. The van der Waals surface area contributed by atoms with Crippen LogP contribution < -0.4 is 11.1 Å². The molecule has 1 fully saturated rings. The molecule has 0 aromatic heterocycles. The van der Waals surface area contributed by atoms with Crippen molar-refractivity contribution >= 4 is 28.3 Å². The molecule has 0 bridgehead atoms. The van der Waals surface area contributed by atoms with Gasteiger partial charge < -0.3 is 16.0 Å². The number of nitrogens with two attached hydrogens (primary N) is 1. The molecule has 1 aliphatic heterocycles. The summed E-state index contributed by atoms with van der Waals surface area (Å²) in [5.41, 5.74) is 8.16. The molecule has 2 amide bonds. The molecule has 0 unspecified atom stereocenters. The summed E-state index contributed by atoms with van der Waals surface area (Å²) in [6.07, 6.45) is 2.00. The number of nitrogens with zero attached hydrogens (tertiary/aromatic N) is 1. The molecule has 0 spiro atoms. The molecule has 1 saturated heterocycles. The molecule has 0 saturated carbocycles. The molecule has 1 atom stereocenters. The number of amides is 2. The maximum Gasteiger partial charge on any atom is 0.254 e. The van der Waals surface area contributed by atoms with Crippen molar-refractivity contribution in [1.29, 1.82) is 0 Å². The molecule has 5 heteroatoms. The summed E-state index contributed by atoms with van der Waals surface area (Å²) in [4.78, 5) is 27.8. The van der Waals surface area contributed by atoms with Gasteiger partial charge in [-0.1, -0.05) is 42.5 Å². The Bertz CT molecular complexity index is 1070. The first-order chi connectivity index (χ1) is 14.0. The van der Waals surface area contributed by atoms with E-state index in [1.807, 2.05) is 31.2 Å². The second-order valence-corrected chi connectivity index (χ2v) is 7.57. The Hall–Kier alpha value is -3.34. The summed E-state index contributed by atoms with van der Waals surface area (Å²) < 4.78 is 0. The monoisotopic (exact) mass is 387 g/mol. The Morgan fingerprint density at radius 3 is 2.48 bits per heavy atom. The van der Waals surface area contributed by atoms with E-state index in [0.717, 1.165) is 42.3 Å². The number of hydrogen-bond acceptors (Lipinski definition) is 3. The van der Waals surface area contributed by atoms with Crippen molar-refractivity contribution in [3.05, 3.63) is 77.4 Å². The van der Waals surface area contributed by atoms with Crippen LogP contribution in [0.4, 0.5) is 5.69 Å². The van der Waals surface area contributed by atoms with E-state index in [1.165, 1.54) is 0 Å². The second kappa shape index (κ2) is 7.95. The van der Waals surface area contributed by atoms with E-state index in [2.05, 4.69) is 23.5 Å². The third-order valence-electron chi connectivity index (χ3n) is 5.55. The fourth-order valence-electron chi connectivity index (χ4n) is 4.01. The number of nitrogens with one attached hydrogen (secondary N) is 1. The molecule has 3 aromatic carbocycles. The molecule has 29 heavy (non-hydrogen) atoms. The zero-order valence-corrected chi connectivity index (χ0v) is 16.5. The number of carbonyl (C=O) groups excluding carboxylic acids is 2. The number of carbonyl (C=O) groups is 2. The van der Waals surface area contributed by atoms with Crippen LogP contribution in [0.25, 0.3) is 10.8 Å². The largest absolute Gasteiger partial charge is 0.399 e. The summed E-state index contributed by atoms with van der Waals surface area (Å²) in [5.74, 6) is -0.397. The minimum atomic E-state index is -0.291. The predicted molar refractivity (Wildman–Crippen MR) is 116 cm³/mol. The van der Waals surface area contributed by atoms with Crippen LogP contribution in [0.3, 0.4) is 0 Å². The van der Waals surface area contributed by atoms with Gasteiger partial charge in [-0.2, -0.15) is 0 Å². The van der Waals surface area contributed by atoms with Gasteiger partial charge in [-0.15, -0.1) is 0 Å². The van der Waals surface area contributed by atoms with Crippen LogP contribution >= 0.6 is 0 Å².